The number of amides is 2. The Hall–Kier alpha value is -5.19. The highest BCUT2D eigenvalue weighted by molar-refractivity contribution is 6.25. The van der Waals surface area contributed by atoms with Crippen molar-refractivity contribution >= 4 is 51.9 Å². The summed E-state index contributed by atoms with van der Waals surface area (Å²) in [5, 5.41) is 19.3. The maximum atomic E-state index is 14.2. The molecule has 0 N–H and O–H groups in total. The number of para-hydroxylation sites is 2. The van der Waals surface area contributed by atoms with Gasteiger partial charge >= 0.3 is 0 Å². The van der Waals surface area contributed by atoms with Crippen LogP contribution in [0.3, 0.4) is 0 Å². The molecule has 3 aliphatic heterocycles. The molecule has 38 heavy (non-hydrogen) atoms. The second-order valence-electron chi connectivity index (χ2n) is 9.43. The van der Waals surface area contributed by atoms with Gasteiger partial charge in [0.1, 0.15) is 11.6 Å². The Morgan fingerprint density at radius 2 is 1.61 bits per heavy atom. The maximum Gasteiger partial charge on any atom is 0.272 e. The van der Waals surface area contributed by atoms with Gasteiger partial charge in [-0.05, 0) is 35.9 Å². The minimum Gasteiger partial charge on any atom is -0.351 e. The highest BCUT2D eigenvalue weighted by atomic mass is 16.6. The Morgan fingerprint density at radius 1 is 0.895 bits per heavy atom. The normalized spacial score (nSPS) is 23.5. The number of carbonyl (C=O) groups is 3. The van der Waals surface area contributed by atoms with Crippen molar-refractivity contribution in [3.05, 3.63) is 94.6 Å². The van der Waals surface area contributed by atoms with Gasteiger partial charge in [-0.25, -0.2) is 4.90 Å². The second-order valence-corrected chi connectivity index (χ2v) is 9.43. The van der Waals surface area contributed by atoms with Gasteiger partial charge < -0.3 is 4.90 Å². The molecule has 7 rings (SSSR count). The number of nitrogens with zero attached hydrogens (tertiary/aromatic N) is 6. The topological polar surface area (TPSA) is 132 Å². The molecule has 1 aromatic heterocycles. The number of rotatable bonds is 3. The van der Waals surface area contributed by atoms with Crippen molar-refractivity contribution in [2.75, 3.05) is 9.80 Å². The monoisotopic (exact) mass is 506 g/mol. The summed E-state index contributed by atoms with van der Waals surface area (Å²) in [6.45, 7) is 0. The van der Waals surface area contributed by atoms with E-state index in [0.717, 1.165) is 16.2 Å². The van der Waals surface area contributed by atoms with Gasteiger partial charge in [-0.3, -0.25) is 24.5 Å². The number of hydrogen-bond donors (Lipinski definition) is 0. The van der Waals surface area contributed by atoms with Crippen LogP contribution in [-0.2, 0) is 9.59 Å². The van der Waals surface area contributed by atoms with Crippen LogP contribution in [0.15, 0.2) is 78.9 Å². The Labute approximate surface area is 214 Å². The molecule has 3 aromatic carbocycles. The third-order valence-electron chi connectivity index (χ3n) is 7.55. The zero-order chi connectivity index (χ0) is 26.1. The van der Waals surface area contributed by atoms with Crippen molar-refractivity contribution in [2.45, 2.75) is 12.1 Å². The molecule has 4 heterocycles. The summed E-state index contributed by atoms with van der Waals surface area (Å²) in [7, 11) is 0. The molecule has 4 atom stereocenters. The third kappa shape index (κ3) is 2.92. The highest BCUT2D eigenvalue weighted by Crippen LogP contribution is 2.49. The number of aromatic nitrogens is 3. The Balaban J connectivity index is 1.37. The number of nitro benzene ring substituents is 1. The maximum absolute atomic E-state index is 14.2. The molecule has 2 amide bonds. The fraction of sp³-hybridized carbons (Fsp3) is 0.148. The molecular weight excluding hydrogens is 488 g/mol. The molecular formula is C27H18N6O5. The van der Waals surface area contributed by atoms with Crippen molar-refractivity contribution in [3.8, 4) is 0 Å². The van der Waals surface area contributed by atoms with Gasteiger partial charge in [-0.1, -0.05) is 47.7 Å². The molecule has 2 fully saturated rings. The van der Waals surface area contributed by atoms with Gasteiger partial charge in [0.15, 0.2) is 0 Å². The molecule has 0 unspecified atom stereocenters. The standard InChI is InChI=1S/C27H18N6O5/c34-25-22-21-14-9-15-5-1-3-7-19(15)31(21)24(27(36)32-20-8-4-2-6-18(20)28-29-32)23(22)26(35)30(25)16-10-12-17(13-11-16)33(37)38/h1-14,21-24H/t21-,22+,23-,24-/m0/s1. The van der Waals surface area contributed by atoms with E-state index in [4.69, 9.17) is 0 Å². The molecule has 2 saturated heterocycles. The molecule has 11 nitrogen and oxygen atoms in total. The van der Waals surface area contributed by atoms with Crippen molar-refractivity contribution < 1.29 is 19.3 Å². The lowest BCUT2D eigenvalue weighted by Crippen LogP contribution is -2.50. The fourth-order valence-corrected chi connectivity index (χ4v) is 5.93. The van der Waals surface area contributed by atoms with E-state index in [1.807, 2.05) is 41.3 Å². The molecule has 3 aliphatic rings. The highest BCUT2D eigenvalue weighted by Gasteiger charge is 2.64. The van der Waals surface area contributed by atoms with E-state index in [9.17, 15) is 24.5 Å². The van der Waals surface area contributed by atoms with E-state index < -0.39 is 46.6 Å². The lowest BCUT2D eigenvalue weighted by atomic mass is 9.88. The van der Waals surface area contributed by atoms with Crippen LogP contribution < -0.4 is 9.80 Å². The van der Waals surface area contributed by atoms with E-state index in [2.05, 4.69) is 10.3 Å². The van der Waals surface area contributed by atoms with Gasteiger partial charge in [0, 0.05) is 17.8 Å². The average molecular weight is 506 g/mol. The molecule has 0 saturated carbocycles. The summed E-state index contributed by atoms with van der Waals surface area (Å²) in [4.78, 5) is 55.4. The van der Waals surface area contributed by atoms with E-state index in [0.29, 0.717) is 11.0 Å². The number of fused-ring (bicyclic) bond motifs is 6. The van der Waals surface area contributed by atoms with Crippen LogP contribution in [0, 0.1) is 22.0 Å². The average Bonchev–Trinajstić information content (AvgIpc) is 3.59. The molecule has 0 spiro atoms. The first-order valence-corrected chi connectivity index (χ1v) is 12.0. The van der Waals surface area contributed by atoms with Crippen LogP contribution in [0.5, 0.6) is 0 Å². The zero-order valence-electron chi connectivity index (χ0n) is 19.6. The van der Waals surface area contributed by atoms with Crippen LogP contribution in [0.1, 0.15) is 10.4 Å². The summed E-state index contributed by atoms with van der Waals surface area (Å²) in [5.41, 5.74) is 2.73. The minimum absolute atomic E-state index is 0.155. The predicted octanol–water partition coefficient (Wildman–Crippen LogP) is 3.07. The fourth-order valence-electron chi connectivity index (χ4n) is 5.93. The van der Waals surface area contributed by atoms with Crippen molar-refractivity contribution in [1.29, 1.82) is 0 Å². The van der Waals surface area contributed by atoms with Crippen LogP contribution in [0.2, 0.25) is 0 Å². The Kier molecular flexibility index (Phi) is 4.58. The van der Waals surface area contributed by atoms with Gasteiger partial charge in [-0.15, -0.1) is 5.10 Å². The van der Waals surface area contributed by atoms with Crippen molar-refractivity contribution in [3.63, 3.8) is 0 Å². The third-order valence-corrected chi connectivity index (χ3v) is 7.55. The Bertz CT molecular complexity index is 1710. The molecule has 0 bridgehead atoms. The van der Waals surface area contributed by atoms with Crippen LogP contribution in [0.25, 0.3) is 17.1 Å². The van der Waals surface area contributed by atoms with E-state index >= 15 is 0 Å². The van der Waals surface area contributed by atoms with Crippen molar-refractivity contribution in [1.82, 2.24) is 15.0 Å². The van der Waals surface area contributed by atoms with E-state index in [-0.39, 0.29) is 11.4 Å². The molecule has 186 valence electrons. The number of benzene rings is 3. The second kappa shape index (κ2) is 7.90. The van der Waals surface area contributed by atoms with Gasteiger partial charge in [0.25, 0.3) is 11.6 Å². The SMILES string of the molecule is O=C1[C@H]2[C@H](C(=O)N1c1ccc([N+](=O)[O-])cc1)[C@@H]1C=Cc3ccccc3N1[C@@H]2C(=O)n1nnc2ccccc21. The number of non-ortho nitro benzene ring substituents is 1. The first-order valence-electron chi connectivity index (χ1n) is 12.0. The number of nitro groups is 1. The van der Waals surface area contributed by atoms with Crippen LogP contribution in [-0.4, -0.2) is 49.7 Å². The van der Waals surface area contributed by atoms with E-state index in [1.165, 1.54) is 28.9 Å². The van der Waals surface area contributed by atoms with Gasteiger partial charge in [0.2, 0.25) is 11.8 Å². The first-order chi connectivity index (χ1) is 18.5. The molecule has 0 aliphatic carbocycles. The predicted molar refractivity (Wildman–Crippen MR) is 136 cm³/mol. The Morgan fingerprint density at radius 3 is 2.39 bits per heavy atom. The van der Waals surface area contributed by atoms with Gasteiger partial charge in [0.05, 0.1) is 34.0 Å². The number of carbonyl (C=O) groups excluding carboxylic acids is 3. The minimum atomic E-state index is -1.03. The summed E-state index contributed by atoms with van der Waals surface area (Å²) in [6, 6.07) is 18.2. The van der Waals surface area contributed by atoms with Crippen LogP contribution in [0.4, 0.5) is 17.1 Å². The number of anilines is 2. The van der Waals surface area contributed by atoms with Gasteiger partial charge in [-0.2, -0.15) is 4.68 Å². The quantitative estimate of drug-likeness (QED) is 0.235. The number of imide groups is 1. The largest absolute Gasteiger partial charge is 0.351 e. The summed E-state index contributed by atoms with van der Waals surface area (Å²) >= 11 is 0. The lowest BCUT2D eigenvalue weighted by Gasteiger charge is -2.36. The smallest absolute Gasteiger partial charge is 0.272 e. The molecule has 4 aromatic rings. The molecule has 0 radical (unpaired) electrons. The summed E-state index contributed by atoms with van der Waals surface area (Å²) in [5.74, 6) is -3.27. The van der Waals surface area contributed by atoms with Crippen molar-refractivity contribution in [2.24, 2.45) is 11.8 Å². The number of hydrogen-bond acceptors (Lipinski definition) is 8. The first kappa shape index (κ1) is 22.0. The summed E-state index contributed by atoms with van der Waals surface area (Å²) in [6.07, 6.45) is 3.76. The summed E-state index contributed by atoms with van der Waals surface area (Å²) < 4.78 is 1.20. The van der Waals surface area contributed by atoms with Crippen LogP contribution >= 0.6 is 0 Å². The lowest BCUT2D eigenvalue weighted by molar-refractivity contribution is -0.384. The molecule has 11 heteroatoms. The van der Waals surface area contributed by atoms with E-state index in [1.54, 1.807) is 24.3 Å². The zero-order valence-corrected chi connectivity index (χ0v) is 19.6.